The molecule has 0 fully saturated rings. The van der Waals surface area contributed by atoms with Gasteiger partial charge in [-0.05, 0) is 30.2 Å². The molecule has 17 heavy (non-hydrogen) atoms. The molecule has 0 radical (unpaired) electrons. The minimum Gasteiger partial charge on any atom is -0.324 e. The van der Waals surface area contributed by atoms with Gasteiger partial charge in [-0.1, -0.05) is 18.2 Å². The minimum atomic E-state index is 0.348. The summed E-state index contributed by atoms with van der Waals surface area (Å²) in [6.07, 6.45) is 1.03. The molecule has 0 unspecified atom stereocenters. The molecule has 1 aromatic heterocycles. The van der Waals surface area contributed by atoms with Crippen LogP contribution >= 0.6 is 0 Å². The van der Waals surface area contributed by atoms with Crippen molar-refractivity contribution < 1.29 is 0 Å². The first kappa shape index (κ1) is 9.79. The molecule has 1 aliphatic rings. The van der Waals surface area contributed by atoms with Crippen molar-refractivity contribution >= 4 is 11.5 Å². The molecule has 0 bridgehead atoms. The molecular formula is C13H10N4. The summed E-state index contributed by atoms with van der Waals surface area (Å²) in [5, 5.41) is 16.6. The Hall–Kier alpha value is -2.41. The fraction of sp³-hybridized carbons (Fsp3) is 0.154. The molecule has 1 aliphatic heterocycles. The summed E-state index contributed by atoms with van der Waals surface area (Å²) in [7, 11) is 0. The van der Waals surface area contributed by atoms with Crippen LogP contribution in [0.2, 0.25) is 0 Å². The van der Waals surface area contributed by atoms with Gasteiger partial charge < -0.3 is 4.90 Å². The lowest BCUT2D eigenvalue weighted by atomic mass is 10.2. The fourth-order valence-corrected chi connectivity index (χ4v) is 2.11. The molecule has 0 atom stereocenters. The molecule has 0 aliphatic carbocycles. The summed E-state index contributed by atoms with van der Waals surface area (Å²) in [6.45, 7) is 0.917. The van der Waals surface area contributed by atoms with Crippen LogP contribution in [0.15, 0.2) is 36.4 Å². The molecule has 0 spiro atoms. The molecule has 0 saturated carbocycles. The summed E-state index contributed by atoms with van der Waals surface area (Å²) in [6, 6.07) is 13.8. The molecule has 4 nitrogen and oxygen atoms in total. The maximum atomic E-state index is 8.69. The number of hydrogen-bond acceptors (Lipinski definition) is 4. The van der Waals surface area contributed by atoms with Gasteiger partial charge in [0.05, 0.1) is 0 Å². The third-order valence-corrected chi connectivity index (χ3v) is 2.93. The lowest BCUT2D eigenvalue weighted by Crippen LogP contribution is -2.15. The number of nitriles is 1. The van der Waals surface area contributed by atoms with Gasteiger partial charge in [0.1, 0.15) is 6.07 Å². The summed E-state index contributed by atoms with van der Waals surface area (Å²) in [5.74, 6) is 0.800. The highest BCUT2D eigenvalue weighted by atomic mass is 15.3. The Morgan fingerprint density at radius 3 is 2.76 bits per heavy atom. The molecule has 3 rings (SSSR count). The van der Waals surface area contributed by atoms with Gasteiger partial charge in [-0.25, -0.2) is 0 Å². The first-order chi connectivity index (χ1) is 8.38. The van der Waals surface area contributed by atoms with Crippen LogP contribution in [0.1, 0.15) is 11.3 Å². The number of nitrogens with zero attached hydrogens (tertiary/aromatic N) is 4. The van der Waals surface area contributed by atoms with Crippen molar-refractivity contribution in [2.75, 3.05) is 11.4 Å². The molecule has 2 heterocycles. The highest BCUT2D eigenvalue weighted by Gasteiger charge is 2.20. The van der Waals surface area contributed by atoms with E-state index in [4.69, 9.17) is 5.26 Å². The van der Waals surface area contributed by atoms with Gasteiger partial charge in [0.25, 0.3) is 0 Å². The average Bonchev–Trinajstić information content (AvgIpc) is 2.83. The van der Waals surface area contributed by atoms with E-state index in [9.17, 15) is 0 Å². The minimum absolute atomic E-state index is 0.348. The Labute approximate surface area is 99.1 Å². The molecule has 0 N–H and O–H groups in total. The second-order valence-corrected chi connectivity index (χ2v) is 3.92. The largest absolute Gasteiger partial charge is 0.324 e. The third kappa shape index (κ3) is 1.62. The predicted molar refractivity (Wildman–Crippen MR) is 63.9 cm³/mol. The second kappa shape index (κ2) is 3.87. The van der Waals surface area contributed by atoms with Crippen molar-refractivity contribution in [3.63, 3.8) is 0 Å². The van der Waals surface area contributed by atoms with Crippen molar-refractivity contribution in [2.24, 2.45) is 0 Å². The van der Waals surface area contributed by atoms with Gasteiger partial charge in [0.2, 0.25) is 0 Å². The van der Waals surface area contributed by atoms with E-state index < -0.39 is 0 Å². The van der Waals surface area contributed by atoms with Crippen molar-refractivity contribution in [2.45, 2.75) is 6.42 Å². The quantitative estimate of drug-likeness (QED) is 0.741. The summed E-state index contributed by atoms with van der Waals surface area (Å²) < 4.78 is 0. The number of anilines is 2. The van der Waals surface area contributed by atoms with Gasteiger partial charge in [0.15, 0.2) is 11.5 Å². The Morgan fingerprint density at radius 2 is 2.00 bits per heavy atom. The zero-order chi connectivity index (χ0) is 11.7. The van der Waals surface area contributed by atoms with E-state index in [0.717, 1.165) is 18.8 Å². The SMILES string of the molecule is N#Cc1ccc(N2CCc3ccccc32)nn1. The predicted octanol–water partition coefficient (Wildman–Crippen LogP) is 2.04. The lowest BCUT2D eigenvalue weighted by Gasteiger charge is -2.17. The maximum absolute atomic E-state index is 8.69. The average molecular weight is 222 g/mol. The number of fused-ring (bicyclic) bond motifs is 1. The molecular weight excluding hydrogens is 212 g/mol. The van der Waals surface area contributed by atoms with Crippen LogP contribution in [0.3, 0.4) is 0 Å². The topological polar surface area (TPSA) is 52.8 Å². The molecule has 82 valence electrons. The van der Waals surface area contributed by atoms with Crippen molar-refractivity contribution in [3.05, 3.63) is 47.7 Å². The zero-order valence-corrected chi connectivity index (χ0v) is 9.17. The molecule has 2 aromatic rings. The van der Waals surface area contributed by atoms with E-state index in [2.05, 4.69) is 27.2 Å². The standard InChI is InChI=1S/C13H10N4/c14-9-11-5-6-13(16-15-11)17-8-7-10-3-1-2-4-12(10)17/h1-6H,7-8H2. The molecule has 4 heteroatoms. The highest BCUT2D eigenvalue weighted by molar-refractivity contribution is 5.67. The van der Waals surface area contributed by atoms with Crippen LogP contribution in [0.5, 0.6) is 0 Å². The fourth-order valence-electron chi connectivity index (χ4n) is 2.11. The number of benzene rings is 1. The van der Waals surface area contributed by atoms with Crippen molar-refractivity contribution in [3.8, 4) is 6.07 Å². The summed E-state index contributed by atoms with van der Waals surface area (Å²) in [5.41, 5.74) is 2.87. The zero-order valence-electron chi connectivity index (χ0n) is 9.17. The first-order valence-electron chi connectivity index (χ1n) is 5.48. The lowest BCUT2D eigenvalue weighted by molar-refractivity contribution is 0.921. The van der Waals surface area contributed by atoms with Gasteiger partial charge in [0, 0.05) is 12.2 Å². The van der Waals surface area contributed by atoms with Crippen LogP contribution in [0.25, 0.3) is 0 Å². The maximum Gasteiger partial charge on any atom is 0.163 e. The van der Waals surface area contributed by atoms with Crippen LogP contribution in [-0.2, 0) is 6.42 Å². The van der Waals surface area contributed by atoms with E-state index in [-0.39, 0.29) is 0 Å². The van der Waals surface area contributed by atoms with Crippen LogP contribution in [0, 0.1) is 11.3 Å². The van der Waals surface area contributed by atoms with E-state index in [1.165, 1.54) is 11.3 Å². The second-order valence-electron chi connectivity index (χ2n) is 3.92. The normalized spacial score (nSPS) is 13.2. The van der Waals surface area contributed by atoms with Crippen LogP contribution < -0.4 is 4.90 Å². The monoisotopic (exact) mass is 222 g/mol. The number of rotatable bonds is 1. The number of aromatic nitrogens is 2. The smallest absolute Gasteiger partial charge is 0.163 e. The molecule has 0 amide bonds. The molecule has 0 saturated heterocycles. The van der Waals surface area contributed by atoms with Crippen LogP contribution in [-0.4, -0.2) is 16.7 Å². The van der Waals surface area contributed by atoms with E-state index in [0.29, 0.717) is 5.69 Å². The number of para-hydroxylation sites is 1. The van der Waals surface area contributed by atoms with Gasteiger partial charge >= 0.3 is 0 Å². The summed E-state index contributed by atoms with van der Waals surface area (Å²) in [4.78, 5) is 2.13. The highest BCUT2D eigenvalue weighted by Crippen LogP contribution is 2.32. The Bertz CT molecular complexity index is 583. The van der Waals surface area contributed by atoms with Gasteiger partial charge in [-0.3, -0.25) is 0 Å². The van der Waals surface area contributed by atoms with Gasteiger partial charge in [-0.2, -0.15) is 5.26 Å². The molecule has 1 aromatic carbocycles. The first-order valence-corrected chi connectivity index (χ1v) is 5.48. The van der Waals surface area contributed by atoms with Crippen molar-refractivity contribution in [1.82, 2.24) is 10.2 Å². The third-order valence-electron chi connectivity index (χ3n) is 2.93. The van der Waals surface area contributed by atoms with E-state index in [1.54, 1.807) is 6.07 Å². The van der Waals surface area contributed by atoms with E-state index in [1.807, 2.05) is 24.3 Å². The summed E-state index contributed by atoms with van der Waals surface area (Å²) >= 11 is 0. The van der Waals surface area contributed by atoms with Gasteiger partial charge in [-0.15, -0.1) is 10.2 Å². The van der Waals surface area contributed by atoms with Crippen LogP contribution in [0.4, 0.5) is 11.5 Å². The Morgan fingerprint density at radius 1 is 1.12 bits per heavy atom. The number of hydrogen-bond donors (Lipinski definition) is 0. The Balaban J connectivity index is 1.99. The van der Waals surface area contributed by atoms with E-state index >= 15 is 0 Å². The van der Waals surface area contributed by atoms with Crippen molar-refractivity contribution in [1.29, 1.82) is 5.26 Å². The Kier molecular flexibility index (Phi) is 2.23.